The average Bonchev–Trinajstić information content (AvgIpc) is 2.58. The monoisotopic (exact) mass is 213 g/mol. The summed E-state index contributed by atoms with van der Waals surface area (Å²) in [5.74, 6) is 3.33. The lowest BCUT2D eigenvalue weighted by molar-refractivity contribution is 0.639. The third-order valence-corrected chi connectivity index (χ3v) is 3.27. The van der Waals surface area contributed by atoms with Gasteiger partial charge in [-0.15, -0.1) is 0 Å². The SMILES string of the molecule is CCSCC(N)CCc1nccn1C. The van der Waals surface area contributed by atoms with E-state index in [2.05, 4.69) is 16.5 Å². The first kappa shape index (κ1) is 11.6. The van der Waals surface area contributed by atoms with Gasteiger partial charge in [-0.1, -0.05) is 6.92 Å². The van der Waals surface area contributed by atoms with Crippen molar-refractivity contribution in [2.45, 2.75) is 25.8 Å². The van der Waals surface area contributed by atoms with Crippen LogP contribution in [0.5, 0.6) is 0 Å². The predicted molar refractivity (Wildman–Crippen MR) is 62.5 cm³/mol. The van der Waals surface area contributed by atoms with Crippen molar-refractivity contribution < 1.29 is 0 Å². The largest absolute Gasteiger partial charge is 0.338 e. The second-order valence-electron chi connectivity index (χ2n) is 3.41. The molecular weight excluding hydrogens is 194 g/mol. The van der Waals surface area contributed by atoms with E-state index in [1.54, 1.807) is 0 Å². The number of rotatable bonds is 6. The molecule has 1 heterocycles. The summed E-state index contributed by atoms with van der Waals surface area (Å²) in [6.07, 6.45) is 5.82. The van der Waals surface area contributed by atoms with Crippen LogP contribution >= 0.6 is 11.8 Å². The van der Waals surface area contributed by atoms with Crippen LogP contribution in [0.15, 0.2) is 12.4 Å². The highest BCUT2D eigenvalue weighted by atomic mass is 32.2. The van der Waals surface area contributed by atoms with Gasteiger partial charge in [0, 0.05) is 37.7 Å². The van der Waals surface area contributed by atoms with Gasteiger partial charge in [-0.05, 0) is 12.2 Å². The van der Waals surface area contributed by atoms with Crippen molar-refractivity contribution >= 4 is 11.8 Å². The molecule has 2 N–H and O–H groups in total. The molecule has 3 nitrogen and oxygen atoms in total. The summed E-state index contributed by atoms with van der Waals surface area (Å²) in [4.78, 5) is 4.27. The number of hydrogen-bond acceptors (Lipinski definition) is 3. The summed E-state index contributed by atoms with van der Waals surface area (Å²) >= 11 is 1.91. The molecule has 0 saturated carbocycles. The van der Waals surface area contributed by atoms with Gasteiger partial charge in [0.25, 0.3) is 0 Å². The quantitative estimate of drug-likeness (QED) is 0.777. The molecule has 0 amide bonds. The molecule has 0 spiro atoms. The van der Waals surface area contributed by atoms with Crippen LogP contribution in [-0.2, 0) is 13.5 Å². The third-order valence-electron chi connectivity index (χ3n) is 2.20. The van der Waals surface area contributed by atoms with Crippen molar-refractivity contribution in [1.82, 2.24) is 9.55 Å². The molecule has 1 atom stereocenters. The van der Waals surface area contributed by atoms with Gasteiger partial charge in [0.15, 0.2) is 0 Å². The minimum Gasteiger partial charge on any atom is -0.338 e. The first-order chi connectivity index (χ1) is 6.74. The molecule has 0 aliphatic heterocycles. The Kier molecular flexibility index (Phi) is 5.04. The van der Waals surface area contributed by atoms with Gasteiger partial charge in [-0.3, -0.25) is 0 Å². The van der Waals surface area contributed by atoms with Gasteiger partial charge in [-0.2, -0.15) is 11.8 Å². The van der Waals surface area contributed by atoms with Crippen molar-refractivity contribution in [1.29, 1.82) is 0 Å². The van der Waals surface area contributed by atoms with Crippen molar-refractivity contribution in [3.05, 3.63) is 18.2 Å². The number of hydrogen-bond donors (Lipinski definition) is 1. The first-order valence-electron chi connectivity index (χ1n) is 5.03. The van der Waals surface area contributed by atoms with E-state index in [0.29, 0.717) is 6.04 Å². The Hall–Kier alpha value is -0.480. The molecule has 80 valence electrons. The Balaban J connectivity index is 2.23. The lowest BCUT2D eigenvalue weighted by atomic mass is 10.2. The van der Waals surface area contributed by atoms with Crippen LogP contribution in [0.2, 0.25) is 0 Å². The van der Waals surface area contributed by atoms with Crippen LogP contribution in [0.4, 0.5) is 0 Å². The molecule has 4 heteroatoms. The van der Waals surface area contributed by atoms with Gasteiger partial charge in [0.05, 0.1) is 0 Å². The fourth-order valence-corrected chi connectivity index (χ4v) is 2.01. The van der Waals surface area contributed by atoms with Crippen LogP contribution < -0.4 is 5.73 Å². The molecule has 0 fully saturated rings. The molecule has 1 unspecified atom stereocenters. The number of imidazole rings is 1. The molecule has 1 aromatic rings. The Labute approximate surface area is 90.1 Å². The Bertz CT molecular complexity index is 260. The lowest BCUT2D eigenvalue weighted by Crippen LogP contribution is -2.24. The van der Waals surface area contributed by atoms with E-state index in [4.69, 9.17) is 5.73 Å². The van der Waals surface area contributed by atoms with E-state index in [-0.39, 0.29) is 0 Å². The third kappa shape index (κ3) is 3.72. The van der Waals surface area contributed by atoms with E-state index >= 15 is 0 Å². The summed E-state index contributed by atoms with van der Waals surface area (Å²) in [5.41, 5.74) is 5.97. The Morgan fingerprint density at radius 3 is 3.00 bits per heavy atom. The van der Waals surface area contributed by atoms with E-state index in [1.165, 1.54) is 0 Å². The minimum atomic E-state index is 0.302. The predicted octanol–water partition coefficient (Wildman–Crippen LogP) is 1.43. The summed E-state index contributed by atoms with van der Waals surface area (Å²) in [6, 6.07) is 0.302. The zero-order valence-electron chi connectivity index (χ0n) is 8.94. The average molecular weight is 213 g/mol. The van der Waals surface area contributed by atoms with E-state index in [9.17, 15) is 0 Å². The number of thioether (sulfide) groups is 1. The normalized spacial score (nSPS) is 13.1. The Morgan fingerprint density at radius 1 is 1.64 bits per heavy atom. The second-order valence-corrected chi connectivity index (χ2v) is 4.73. The standard InChI is InChI=1S/C10H19N3S/c1-3-14-8-9(11)4-5-10-12-6-7-13(10)2/h6-7,9H,3-5,8,11H2,1-2H3. The summed E-state index contributed by atoms with van der Waals surface area (Å²) in [7, 11) is 2.02. The zero-order valence-corrected chi connectivity index (χ0v) is 9.76. The molecule has 0 bridgehead atoms. The van der Waals surface area contributed by atoms with Crippen LogP contribution in [0.3, 0.4) is 0 Å². The fourth-order valence-electron chi connectivity index (χ4n) is 1.30. The molecule has 1 rings (SSSR count). The summed E-state index contributed by atoms with van der Waals surface area (Å²) in [5, 5.41) is 0. The number of aryl methyl sites for hydroxylation is 2. The summed E-state index contributed by atoms with van der Waals surface area (Å²) < 4.78 is 2.06. The maximum Gasteiger partial charge on any atom is 0.108 e. The van der Waals surface area contributed by atoms with E-state index < -0.39 is 0 Å². The van der Waals surface area contributed by atoms with Gasteiger partial charge < -0.3 is 10.3 Å². The topological polar surface area (TPSA) is 43.8 Å². The molecule has 14 heavy (non-hydrogen) atoms. The van der Waals surface area contributed by atoms with Gasteiger partial charge >= 0.3 is 0 Å². The van der Waals surface area contributed by atoms with Crippen LogP contribution in [0, 0.1) is 0 Å². The first-order valence-corrected chi connectivity index (χ1v) is 6.19. The molecule has 0 radical (unpaired) electrons. The molecule has 1 aromatic heterocycles. The molecule has 0 aliphatic rings. The van der Waals surface area contributed by atoms with Crippen LogP contribution in [-0.4, -0.2) is 27.1 Å². The Morgan fingerprint density at radius 2 is 2.43 bits per heavy atom. The number of nitrogens with two attached hydrogens (primary N) is 1. The molecule has 0 saturated heterocycles. The second kappa shape index (κ2) is 6.09. The highest BCUT2D eigenvalue weighted by molar-refractivity contribution is 7.99. The van der Waals surface area contributed by atoms with Crippen LogP contribution in [0.1, 0.15) is 19.2 Å². The minimum absolute atomic E-state index is 0.302. The highest BCUT2D eigenvalue weighted by Crippen LogP contribution is 2.06. The van der Waals surface area contributed by atoms with Gasteiger partial charge in [0.2, 0.25) is 0 Å². The van der Waals surface area contributed by atoms with Crippen molar-refractivity contribution in [3.8, 4) is 0 Å². The van der Waals surface area contributed by atoms with Gasteiger partial charge in [0.1, 0.15) is 5.82 Å². The maximum atomic E-state index is 5.97. The van der Waals surface area contributed by atoms with E-state index in [1.807, 2.05) is 31.2 Å². The van der Waals surface area contributed by atoms with Crippen molar-refractivity contribution in [3.63, 3.8) is 0 Å². The number of nitrogens with zero attached hydrogens (tertiary/aromatic N) is 2. The van der Waals surface area contributed by atoms with E-state index in [0.717, 1.165) is 30.2 Å². The smallest absolute Gasteiger partial charge is 0.108 e. The molecular formula is C10H19N3S. The van der Waals surface area contributed by atoms with Gasteiger partial charge in [-0.25, -0.2) is 4.98 Å². The maximum absolute atomic E-state index is 5.97. The lowest BCUT2D eigenvalue weighted by Gasteiger charge is -2.09. The molecule has 0 aromatic carbocycles. The van der Waals surface area contributed by atoms with Crippen molar-refractivity contribution in [2.24, 2.45) is 12.8 Å². The highest BCUT2D eigenvalue weighted by Gasteiger charge is 2.05. The summed E-state index contributed by atoms with van der Waals surface area (Å²) in [6.45, 7) is 2.16. The number of aromatic nitrogens is 2. The zero-order chi connectivity index (χ0) is 10.4. The fraction of sp³-hybridized carbons (Fsp3) is 0.700. The molecule has 0 aliphatic carbocycles. The van der Waals surface area contributed by atoms with Crippen LogP contribution in [0.25, 0.3) is 0 Å². The van der Waals surface area contributed by atoms with Crippen molar-refractivity contribution in [2.75, 3.05) is 11.5 Å².